The van der Waals surface area contributed by atoms with E-state index in [4.69, 9.17) is 14.2 Å². The minimum Gasteiger partial charge on any atom is -0.496 e. The van der Waals surface area contributed by atoms with Gasteiger partial charge < -0.3 is 19.5 Å². The molecule has 150 valence electrons. The van der Waals surface area contributed by atoms with Gasteiger partial charge >= 0.3 is 5.97 Å². The summed E-state index contributed by atoms with van der Waals surface area (Å²) in [7, 11) is 2.90. The number of amides is 1. The van der Waals surface area contributed by atoms with Crippen molar-refractivity contribution < 1.29 is 23.8 Å². The van der Waals surface area contributed by atoms with Crippen molar-refractivity contribution in [2.45, 2.75) is 39.2 Å². The summed E-state index contributed by atoms with van der Waals surface area (Å²) in [5.41, 5.74) is 1.91. The van der Waals surface area contributed by atoms with Gasteiger partial charge in [0.15, 0.2) is 6.10 Å². The van der Waals surface area contributed by atoms with E-state index >= 15 is 0 Å². The predicted octanol–water partition coefficient (Wildman–Crippen LogP) is 4.40. The SMILES string of the molecule is CC[C@@H](C)c1ccccc1NC(=O)[C@H](C)OC(=O)c1c(OC)cccc1OC. The number of para-hydroxylation sites is 1. The van der Waals surface area contributed by atoms with Crippen molar-refractivity contribution in [3.63, 3.8) is 0 Å². The summed E-state index contributed by atoms with van der Waals surface area (Å²) in [4.78, 5) is 25.2. The van der Waals surface area contributed by atoms with Crippen LogP contribution in [-0.2, 0) is 9.53 Å². The van der Waals surface area contributed by atoms with E-state index in [-0.39, 0.29) is 5.56 Å². The normalized spacial score (nSPS) is 12.6. The third-order valence-corrected chi connectivity index (χ3v) is 4.65. The zero-order valence-electron chi connectivity index (χ0n) is 16.9. The van der Waals surface area contributed by atoms with Crippen LogP contribution in [0.1, 0.15) is 49.0 Å². The van der Waals surface area contributed by atoms with Gasteiger partial charge in [-0.15, -0.1) is 0 Å². The van der Waals surface area contributed by atoms with E-state index in [1.807, 2.05) is 24.3 Å². The lowest BCUT2D eigenvalue weighted by Gasteiger charge is -2.19. The highest BCUT2D eigenvalue weighted by Gasteiger charge is 2.25. The van der Waals surface area contributed by atoms with E-state index < -0.39 is 18.0 Å². The molecule has 0 aliphatic carbocycles. The molecule has 2 rings (SSSR count). The number of nitrogens with one attached hydrogen (secondary N) is 1. The maximum Gasteiger partial charge on any atom is 0.346 e. The van der Waals surface area contributed by atoms with Crippen LogP contribution in [0.5, 0.6) is 11.5 Å². The fraction of sp³-hybridized carbons (Fsp3) is 0.364. The maximum absolute atomic E-state index is 12.6. The number of methoxy groups -OCH3 is 2. The number of benzene rings is 2. The number of ether oxygens (including phenoxy) is 3. The lowest BCUT2D eigenvalue weighted by molar-refractivity contribution is -0.123. The van der Waals surface area contributed by atoms with Crippen LogP contribution < -0.4 is 14.8 Å². The first kappa shape index (κ1) is 21.3. The van der Waals surface area contributed by atoms with Crippen LogP contribution >= 0.6 is 0 Å². The van der Waals surface area contributed by atoms with Crippen molar-refractivity contribution in [2.75, 3.05) is 19.5 Å². The van der Waals surface area contributed by atoms with Gasteiger partial charge in [0.25, 0.3) is 5.91 Å². The second-order valence-corrected chi connectivity index (χ2v) is 6.47. The van der Waals surface area contributed by atoms with Gasteiger partial charge in [0.05, 0.1) is 14.2 Å². The van der Waals surface area contributed by atoms with Crippen LogP contribution in [0, 0.1) is 0 Å². The summed E-state index contributed by atoms with van der Waals surface area (Å²) in [5, 5.41) is 2.86. The molecule has 0 radical (unpaired) electrons. The van der Waals surface area contributed by atoms with Crippen LogP contribution in [0.4, 0.5) is 5.69 Å². The molecule has 0 aliphatic heterocycles. The molecule has 0 bridgehead atoms. The van der Waals surface area contributed by atoms with Gasteiger partial charge in [-0.3, -0.25) is 4.79 Å². The van der Waals surface area contributed by atoms with E-state index in [2.05, 4.69) is 19.2 Å². The van der Waals surface area contributed by atoms with Crippen molar-refractivity contribution in [1.82, 2.24) is 0 Å². The zero-order chi connectivity index (χ0) is 20.7. The first-order valence-electron chi connectivity index (χ1n) is 9.24. The monoisotopic (exact) mass is 385 g/mol. The average molecular weight is 385 g/mol. The van der Waals surface area contributed by atoms with Gasteiger partial charge in [-0.1, -0.05) is 38.1 Å². The first-order chi connectivity index (χ1) is 13.4. The quantitative estimate of drug-likeness (QED) is 0.682. The number of carbonyl (C=O) groups excluding carboxylic acids is 2. The molecule has 0 heterocycles. The molecule has 0 aromatic heterocycles. The lowest BCUT2D eigenvalue weighted by Crippen LogP contribution is -2.30. The summed E-state index contributed by atoms with van der Waals surface area (Å²) < 4.78 is 15.8. The molecular formula is C22H27NO5. The smallest absolute Gasteiger partial charge is 0.346 e. The van der Waals surface area contributed by atoms with Crippen LogP contribution in [0.25, 0.3) is 0 Å². The molecule has 0 unspecified atom stereocenters. The van der Waals surface area contributed by atoms with Gasteiger partial charge in [-0.25, -0.2) is 4.79 Å². The Morgan fingerprint density at radius 3 is 2.14 bits per heavy atom. The Morgan fingerprint density at radius 2 is 1.57 bits per heavy atom. The Kier molecular flexibility index (Phi) is 7.44. The van der Waals surface area contributed by atoms with E-state index in [1.165, 1.54) is 21.1 Å². The minimum atomic E-state index is -0.993. The number of anilines is 1. The van der Waals surface area contributed by atoms with Gasteiger partial charge in [0, 0.05) is 5.69 Å². The first-order valence-corrected chi connectivity index (χ1v) is 9.24. The van der Waals surface area contributed by atoms with Crippen molar-refractivity contribution >= 4 is 17.6 Å². The van der Waals surface area contributed by atoms with Gasteiger partial charge in [-0.05, 0) is 43.0 Å². The van der Waals surface area contributed by atoms with Crippen LogP contribution in [0.3, 0.4) is 0 Å². The Labute approximate surface area is 165 Å². The van der Waals surface area contributed by atoms with E-state index in [1.54, 1.807) is 18.2 Å². The molecular weight excluding hydrogens is 358 g/mol. The molecule has 1 amide bonds. The molecule has 2 atom stereocenters. The third-order valence-electron chi connectivity index (χ3n) is 4.65. The highest BCUT2D eigenvalue weighted by atomic mass is 16.6. The topological polar surface area (TPSA) is 73.9 Å². The highest BCUT2D eigenvalue weighted by Crippen LogP contribution is 2.30. The molecule has 0 fully saturated rings. The Balaban J connectivity index is 2.15. The van der Waals surface area contributed by atoms with Crippen molar-refractivity contribution in [3.05, 3.63) is 53.6 Å². The van der Waals surface area contributed by atoms with Gasteiger partial charge in [0.2, 0.25) is 0 Å². The molecule has 0 saturated heterocycles. The molecule has 2 aromatic rings. The molecule has 1 N–H and O–H groups in total. The Bertz CT molecular complexity index is 811. The number of hydrogen-bond donors (Lipinski definition) is 1. The van der Waals surface area contributed by atoms with Crippen molar-refractivity contribution in [2.24, 2.45) is 0 Å². The fourth-order valence-corrected chi connectivity index (χ4v) is 2.82. The molecule has 0 aliphatic rings. The average Bonchev–Trinajstić information content (AvgIpc) is 2.72. The standard InChI is InChI=1S/C22H27NO5/c1-6-14(2)16-10-7-8-11-17(16)23-21(24)15(3)28-22(25)20-18(26-4)12-9-13-19(20)27-5/h7-15H,6H2,1-5H3,(H,23,24)/t14-,15+/m1/s1. The highest BCUT2D eigenvalue weighted by molar-refractivity contribution is 6.00. The summed E-state index contributed by atoms with van der Waals surface area (Å²) in [6.45, 7) is 5.72. The third kappa shape index (κ3) is 4.82. The van der Waals surface area contributed by atoms with Crippen LogP contribution in [-0.4, -0.2) is 32.2 Å². The molecule has 0 spiro atoms. The second-order valence-electron chi connectivity index (χ2n) is 6.47. The molecule has 0 saturated carbocycles. The van der Waals surface area contributed by atoms with E-state index in [9.17, 15) is 9.59 Å². The van der Waals surface area contributed by atoms with Crippen molar-refractivity contribution in [1.29, 1.82) is 0 Å². The van der Waals surface area contributed by atoms with Crippen LogP contribution in [0.2, 0.25) is 0 Å². The molecule has 6 heteroatoms. The summed E-state index contributed by atoms with van der Waals surface area (Å²) in [5.74, 6) is -0.157. The number of hydrogen-bond acceptors (Lipinski definition) is 5. The van der Waals surface area contributed by atoms with E-state index in [0.717, 1.165) is 17.7 Å². The number of rotatable bonds is 8. The molecule has 6 nitrogen and oxygen atoms in total. The van der Waals surface area contributed by atoms with E-state index in [0.29, 0.717) is 17.4 Å². The zero-order valence-corrected chi connectivity index (χ0v) is 16.9. The predicted molar refractivity (Wildman–Crippen MR) is 108 cm³/mol. The van der Waals surface area contributed by atoms with Gasteiger partial charge in [-0.2, -0.15) is 0 Å². The second kappa shape index (κ2) is 9.78. The van der Waals surface area contributed by atoms with Crippen molar-refractivity contribution in [3.8, 4) is 11.5 Å². The summed E-state index contributed by atoms with van der Waals surface area (Å²) >= 11 is 0. The Morgan fingerprint density at radius 1 is 0.964 bits per heavy atom. The Hall–Kier alpha value is -3.02. The number of esters is 1. The fourth-order valence-electron chi connectivity index (χ4n) is 2.82. The summed E-state index contributed by atoms with van der Waals surface area (Å²) in [6.07, 6.45) is -0.0440. The van der Waals surface area contributed by atoms with Crippen LogP contribution in [0.15, 0.2) is 42.5 Å². The van der Waals surface area contributed by atoms with Gasteiger partial charge in [0.1, 0.15) is 17.1 Å². The summed E-state index contributed by atoms with van der Waals surface area (Å²) in [6, 6.07) is 12.6. The molecule has 28 heavy (non-hydrogen) atoms. The number of carbonyl (C=O) groups is 2. The minimum absolute atomic E-state index is 0.146. The molecule has 2 aromatic carbocycles. The maximum atomic E-state index is 12.6. The largest absolute Gasteiger partial charge is 0.496 e. The lowest BCUT2D eigenvalue weighted by atomic mass is 9.97.